The van der Waals surface area contributed by atoms with E-state index in [0.29, 0.717) is 12.6 Å². The minimum absolute atomic E-state index is 0.290. The van der Waals surface area contributed by atoms with Crippen molar-refractivity contribution in [1.82, 2.24) is 5.32 Å². The van der Waals surface area contributed by atoms with Gasteiger partial charge in [-0.3, -0.25) is 0 Å². The summed E-state index contributed by atoms with van der Waals surface area (Å²) in [6.07, 6.45) is 8.83. The predicted octanol–water partition coefficient (Wildman–Crippen LogP) is 2.00. The number of ether oxygens (including phenoxy) is 1. The van der Waals surface area contributed by atoms with Crippen molar-refractivity contribution in [2.75, 3.05) is 13.2 Å². The molecule has 0 aromatic heterocycles. The Morgan fingerprint density at radius 3 is 2.76 bits per heavy atom. The van der Waals surface area contributed by atoms with Gasteiger partial charge in [-0.2, -0.15) is 0 Å². The van der Waals surface area contributed by atoms with Crippen LogP contribution in [0.2, 0.25) is 0 Å². The van der Waals surface area contributed by atoms with Gasteiger partial charge in [-0.25, -0.2) is 0 Å². The van der Waals surface area contributed by atoms with E-state index < -0.39 is 0 Å². The van der Waals surface area contributed by atoms with Crippen molar-refractivity contribution < 1.29 is 4.74 Å². The number of benzene rings is 1. The van der Waals surface area contributed by atoms with E-state index in [0.717, 1.165) is 25.8 Å². The summed E-state index contributed by atoms with van der Waals surface area (Å²) in [6, 6.07) is 11.2. The van der Waals surface area contributed by atoms with Crippen LogP contribution >= 0.6 is 0 Å². The molecule has 0 amide bonds. The van der Waals surface area contributed by atoms with Crippen LogP contribution in [0.5, 0.6) is 0 Å². The average Bonchev–Trinajstić information content (AvgIpc) is 2.39. The lowest BCUT2D eigenvalue weighted by Gasteiger charge is -2.29. The van der Waals surface area contributed by atoms with Gasteiger partial charge in [0.2, 0.25) is 0 Å². The summed E-state index contributed by atoms with van der Waals surface area (Å²) < 4.78 is 5.53. The fraction of sp³-hybridized carbons (Fsp3) is 0.467. The molecule has 1 aromatic rings. The third-order valence-electron chi connectivity index (χ3n) is 3.20. The lowest BCUT2D eigenvalue weighted by atomic mass is 9.96. The summed E-state index contributed by atoms with van der Waals surface area (Å²) in [6.45, 7) is 1.34. The maximum atomic E-state index is 5.53. The van der Waals surface area contributed by atoms with Gasteiger partial charge in [0, 0.05) is 12.6 Å². The van der Waals surface area contributed by atoms with Gasteiger partial charge in [0.1, 0.15) is 6.61 Å². The SMILES string of the molecule is C#CCO[C@@H]1CC[C@H](Cc2ccccc2)NC1. The Kier molecular flexibility index (Phi) is 4.61. The van der Waals surface area contributed by atoms with Crippen LogP contribution in [0.4, 0.5) is 0 Å². The minimum atomic E-state index is 0.290. The van der Waals surface area contributed by atoms with Gasteiger partial charge in [0.05, 0.1) is 6.10 Å². The van der Waals surface area contributed by atoms with Crippen LogP contribution in [0.3, 0.4) is 0 Å². The quantitative estimate of drug-likeness (QED) is 0.797. The number of terminal acetylenes is 1. The first-order chi connectivity index (χ1) is 8.38. The van der Waals surface area contributed by atoms with Gasteiger partial charge in [0.25, 0.3) is 0 Å². The molecule has 2 atom stereocenters. The maximum Gasteiger partial charge on any atom is 0.107 e. The lowest BCUT2D eigenvalue weighted by molar-refractivity contribution is 0.0501. The highest BCUT2D eigenvalue weighted by Crippen LogP contribution is 2.15. The molecule has 2 rings (SSSR count). The van der Waals surface area contributed by atoms with Gasteiger partial charge < -0.3 is 10.1 Å². The Hall–Kier alpha value is -1.30. The van der Waals surface area contributed by atoms with E-state index in [2.05, 4.69) is 41.6 Å². The summed E-state index contributed by atoms with van der Waals surface area (Å²) in [5, 5.41) is 3.53. The predicted molar refractivity (Wildman–Crippen MR) is 69.7 cm³/mol. The van der Waals surface area contributed by atoms with Crippen LogP contribution in [0.15, 0.2) is 30.3 Å². The molecule has 1 aromatic carbocycles. The molecule has 0 saturated carbocycles. The van der Waals surface area contributed by atoms with Crippen LogP contribution in [0.25, 0.3) is 0 Å². The number of piperidine rings is 1. The summed E-state index contributed by atoms with van der Waals surface area (Å²) in [4.78, 5) is 0. The Balaban J connectivity index is 1.74. The molecule has 0 spiro atoms. The molecular formula is C15H19NO. The molecule has 0 unspecified atom stereocenters. The van der Waals surface area contributed by atoms with Crippen molar-refractivity contribution in [2.45, 2.75) is 31.4 Å². The summed E-state index contributed by atoms with van der Waals surface area (Å²) >= 11 is 0. The average molecular weight is 229 g/mol. The first kappa shape index (κ1) is 12.2. The van der Waals surface area contributed by atoms with Crippen LogP contribution in [0, 0.1) is 12.3 Å². The zero-order chi connectivity index (χ0) is 11.9. The fourth-order valence-corrected chi connectivity index (χ4v) is 2.27. The fourth-order valence-electron chi connectivity index (χ4n) is 2.27. The van der Waals surface area contributed by atoms with E-state index in [9.17, 15) is 0 Å². The van der Waals surface area contributed by atoms with Crippen molar-refractivity contribution in [1.29, 1.82) is 0 Å². The van der Waals surface area contributed by atoms with Crippen LogP contribution in [-0.4, -0.2) is 25.3 Å². The summed E-state index contributed by atoms with van der Waals surface area (Å²) in [5.41, 5.74) is 1.40. The number of nitrogens with one attached hydrogen (secondary N) is 1. The maximum absolute atomic E-state index is 5.53. The van der Waals surface area contributed by atoms with Gasteiger partial charge in [-0.15, -0.1) is 6.42 Å². The molecule has 90 valence electrons. The summed E-state index contributed by atoms with van der Waals surface area (Å²) in [7, 11) is 0. The number of hydrogen-bond donors (Lipinski definition) is 1. The highest BCUT2D eigenvalue weighted by atomic mass is 16.5. The molecule has 1 aliphatic heterocycles. The van der Waals surface area contributed by atoms with Gasteiger partial charge >= 0.3 is 0 Å². The normalized spacial score (nSPS) is 24.2. The van der Waals surface area contributed by atoms with Crippen LogP contribution < -0.4 is 5.32 Å². The Labute approximate surface area is 103 Å². The highest BCUT2D eigenvalue weighted by molar-refractivity contribution is 5.16. The smallest absolute Gasteiger partial charge is 0.107 e. The van der Waals surface area contributed by atoms with E-state index in [1.165, 1.54) is 5.56 Å². The molecule has 1 heterocycles. The largest absolute Gasteiger partial charge is 0.364 e. The minimum Gasteiger partial charge on any atom is -0.364 e. The van der Waals surface area contributed by atoms with Crippen LogP contribution in [0.1, 0.15) is 18.4 Å². The van der Waals surface area contributed by atoms with Crippen molar-refractivity contribution in [2.24, 2.45) is 0 Å². The van der Waals surface area contributed by atoms with Gasteiger partial charge in [-0.1, -0.05) is 36.3 Å². The van der Waals surface area contributed by atoms with Crippen molar-refractivity contribution in [3.63, 3.8) is 0 Å². The monoisotopic (exact) mass is 229 g/mol. The second-order valence-electron chi connectivity index (χ2n) is 4.51. The third kappa shape index (κ3) is 3.89. The zero-order valence-corrected chi connectivity index (χ0v) is 10.1. The number of rotatable bonds is 4. The highest BCUT2D eigenvalue weighted by Gasteiger charge is 2.20. The van der Waals surface area contributed by atoms with E-state index in [1.54, 1.807) is 0 Å². The molecule has 1 saturated heterocycles. The first-order valence-corrected chi connectivity index (χ1v) is 6.21. The summed E-state index contributed by atoms with van der Waals surface area (Å²) in [5.74, 6) is 2.52. The molecule has 0 bridgehead atoms. The second-order valence-corrected chi connectivity index (χ2v) is 4.51. The van der Waals surface area contributed by atoms with Crippen LogP contribution in [-0.2, 0) is 11.2 Å². The molecule has 0 radical (unpaired) electrons. The molecule has 2 heteroatoms. The van der Waals surface area contributed by atoms with E-state index >= 15 is 0 Å². The number of hydrogen-bond acceptors (Lipinski definition) is 2. The Morgan fingerprint density at radius 1 is 1.29 bits per heavy atom. The standard InChI is InChI=1S/C15H19NO/c1-2-10-17-15-9-8-14(16-12-15)11-13-6-4-3-5-7-13/h1,3-7,14-16H,8-12H2/t14-,15-/m1/s1. The van der Waals surface area contributed by atoms with Gasteiger partial charge in [0.15, 0.2) is 0 Å². The molecule has 0 aliphatic carbocycles. The zero-order valence-electron chi connectivity index (χ0n) is 10.1. The molecule has 2 nitrogen and oxygen atoms in total. The van der Waals surface area contributed by atoms with E-state index in [4.69, 9.17) is 11.2 Å². The Morgan fingerprint density at radius 2 is 2.12 bits per heavy atom. The van der Waals surface area contributed by atoms with E-state index in [-0.39, 0.29) is 6.10 Å². The van der Waals surface area contributed by atoms with Crippen molar-refractivity contribution in [3.8, 4) is 12.3 Å². The van der Waals surface area contributed by atoms with Gasteiger partial charge in [-0.05, 0) is 24.8 Å². The third-order valence-corrected chi connectivity index (χ3v) is 3.20. The second kappa shape index (κ2) is 6.44. The molecule has 1 fully saturated rings. The molecule has 1 aliphatic rings. The van der Waals surface area contributed by atoms with Crippen molar-refractivity contribution >= 4 is 0 Å². The Bertz CT molecular complexity index is 360. The van der Waals surface area contributed by atoms with E-state index in [1.807, 2.05) is 0 Å². The lowest BCUT2D eigenvalue weighted by Crippen LogP contribution is -2.43. The first-order valence-electron chi connectivity index (χ1n) is 6.21. The molecule has 17 heavy (non-hydrogen) atoms. The van der Waals surface area contributed by atoms with Crippen molar-refractivity contribution in [3.05, 3.63) is 35.9 Å². The molecular weight excluding hydrogens is 210 g/mol. The molecule has 1 N–H and O–H groups in total. The topological polar surface area (TPSA) is 21.3 Å².